The Morgan fingerprint density at radius 2 is 0.664 bits per heavy atom. The first-order valence-corrected chi connectivity index (χ1v) is 44.4. The number of hydrogen-bond acceptors (Lipinski definition) is 15. The fraction of sp³-hybridized carbons (Fsp3) is 0.180. The van der Waals surface area contributed by atoms with Crippen LogP contribution >= 0.6 is 11.3 Å². The lowest BCUT2D eigenvalue weighted by Crippen LogP contribution is -2.12. The Hall–Kier alpha value is -12.6. The van der Waals surface area contributed by atoms with Gasteiger partial charge in [-0.25, -0.2) is 57.2 Å². The number of nitriles is 1. The minimum Gasteiger partial charge on any atom is -0.478 e. The number of nitrogens with zero attached hydrogens (tertiary/aromatic N) is 1. The van der Waals surface area contributed by atoms with Crippen LogP contribution in [0.15, 0.2) is 254 Å². The van der Waals surface area contributed by atoms with Crippen molar-refractivity contribution >= 4 is 74.6 Å². The normalized spacial score (nSPS) is 12.0. The van der Waals surface area contributed by atoms with Gasteiger partial charge in [-0.3, -0.25) is 0 Å². The minimum atomic E-state index is -4.71. The molecule has 0 aliphatic heterocycles. The topological polar surface area (TPSA) is 323 Å². The number of carboxylic acids is 4. The van der Waals surface area contributed by atoms with Crippen molar-refractivity contribution in [3.63, 3.8) is 0 Å². The summed E-state index contributed by atoms with van der Waals surface area (Å²) in [4.78, 5) is 45.0. The molecule has 0 saturated heterocycles. The Morgan fingerprint density at radius 1 is 0.352 bits per heavy atom. The average Bonchev–Trinajstić information content (AvgIpc) is 1.42. The number of rotatable bonds is 24. The number of benzene rings is 10. The van der Waals surface area contributed by atoms with E-state index >= 15 is 0 Å². The van der Waals surface area contributed by atoms with E-state index in [0.717, 1.165) is 91.0 Å². The molecule has 0 atom stereocenters. The molecule has 12 aromatic rings. The third-order valence-electron chi connectivity index (χ3n) is 19.2. The Balaban J connectivity index is 0.000000189. The van der Waals surface area contributed by atoms with Crippen LogP contribution in [-0.2, 0) is 113 Å². The number of halogens is 13. The minimum absolute atomic E-state index is 0.00931. The summed E-state index contributed by atoms with van der Waals surface area (Å²) < 4.78 is 284. The first-order valence-electron chi connectivity index (χ1n) is 36.9. The van der Waals surface area contributed by atoms with Crippen molar-refractivity contribution in [1.29, 1.82) is 5.26 Å². The summed E-state index contributed by atoms with van der Waals surface area (Å²) >= 11 is 1.29. The quantitative estimate of drug-likeness (QED) is 0.0408. The summed E-state index contributed by atoms with van der Waals surface area (Å²) in [5.41, 5.74) is -1.92. The van der Waals surface area contributed by atoms with Gasteiger partial charge in [-0.05, 0) is 243 Å². The van der Waals surface area contributed by atoms with Gasteiger partial charge >= 0.3 is 48.6 Å². The van der Waals surface area contributed by atoms with Gasteiger partial charge in [-0.2, -0.15) is 57.9 Å². The molecule has 12 rings (SSSR count). The molecule has 125 heavy (non-hydrogen) atoms. The molecule has 0 aliphatic rings. The number of sulfone groups is 4. The molecule has 0 fully saturated rings. The number of hydrogen-bond donors (Lipinski definition) is 4. The van der Waals surface area contributed by atoms with Crippen LogP contribution in [0.4, 0.5) is 57.1 Å². The molecule has 10 aromatic carbocycles. The second kappa shape index (κ2) is 39.1. The lowest BCUT2D eigenvalue weighted by atomic mass is 9.97. The van der Waals surface area contributed by atoms with Gasteiger partial charge in [0.2, 0.25) is 0 Å². The van der Waals surface area contributed by atoms with E-state index in [1.807, 2.05) is 6.07 Å². The van der Waals surface area contributed by atoms with Gasteiger partial charge in [-0.1, -0.05) is 107 Å². The van der Waals surface area contributed by atoms with Crippen molar-refractivity contribution < 1.29 is 135 Å². The van der Waals surface area contributed by atoms with E-state index in [1.54, 1.807) is 57.3 Å². The Bertz CT molecular complexity index is 6410. The lowest BCUT2D eigenvalue weighted by Gasteiger charge is -2.16. The van der Waals surface area contributed by atoms with Gasteiger partial charge in [-0.15, -0.1) is 11.3 Å². The highest BCUT2D eigenvalue weighted by Crippen LogP contribution is 2.42. The number of aryl methyl sites for hydroxylation is 4. The molecule has 0 aliphatic carbocycles. The fourth-order valence-electron chi connectivity index (χ4n) is 13.1. The Morgan fingerprint density at radius 3 is 0.952 bits per heavy atom. The van der Waals surface area contributed by atoms with E-state index in [-0.39, 0.29) is 111 Å². The summed E-state index contributed by atoms with van der Waals surface area (Å²) in [6, 6.07) is 45.8. The molecule has 2 heterocycles. The molecule has 0 bridgehead atoms. The third-order valence-corrected chi connectivity index (χ3v) is 27.1. The number of alkyl halides is 12. The maximum atomic E-state index is 13.7. The van der Waals surface area contributed by atoms with E-state index in [4.69, 9.17) is 9.68 Å². The second-order valence-corrected chi connectivity index (χ2v) is 36.4. The van der Waals surface area contributed by atoms with Gasteiger partial charge < -0.3 is 24.8 Å². The van der Waals surface area contributed by atoms with Crippen molar-refractivity contribution in [2.24, 2.45) is 0 Å². The van der Waals surface area contributed by atoms with E-state index < -0.39 is 139 Å². The third kappa shape index (κ3) is 24.1. The van der Waals surface area contributed by atoms with Crippen LogP contribution < -0.4 is 0 Å². The lowest BCUT2D eigenvalue weighted by molar-refractivity contribution is -0.138. The van der Waals surface area contributed by atoms with Crippen LogP contribution in [0.3, 0.4) is 0 Å². The molecule has 0 saturated carbocycles. The van der Waals surface area contributed by atoms with Crippen LogP contribution in [0.1, 0.15) is 141 Å². The van der Waals surface area contributed by atoms with Gasteiger partial charge in [0.25, 0.3) is 0 Å². The standard InChI is InChI=1S/C24H18F3NO4S.C23H18F4O4S.C21H17F3O5S.C21H17F3O4S2/c1-2-16-6-7-18(23(29)30)12-22(16)33(31,32)14-19-11-20(24(25,26)27)8-9-21(19)17-5-3-4-15(10-17)13-28;1-2-14-6-7-16(22(28)29)12-21(14)32(30,31)13-17-10-18(23(25,26)27)8-9-20(17)15-4-3-5-19(24)11-15;2*1-2-13-5-6-14(20(25)26)11-19(13)30(27,28)12-15-10-16(21(22,23)24)7-8-17(15)18-4-3-9-29-18/h3-12H,2,14H2,1H3,(H,29,30);3-12H,2,13H2,1H3,(H,28,29);2*3-11H,2,12H2,1H3,(H,25,26). The molecule has 0 unspecified atom stereocenters. The SMILES string of the molecule is CCc1ccc(C(=O)O)cc1S(=O)(=O)Cc1cc(C(F)(F)F)ccc1-c1cccc(C#N)c1.CCc1ccc(C(=O)O)cc1S(=O)(=O)Cc1cc(C(F)(F)F)ccc1-c1cccc(F)c1.CCc1ccc(C(=O)O)cc1S(=O)(=O)Cc1cc(C(F)(F)F)ccc1-c1ccco1.CCc1ccc(C(=O)O)cc1S(=O)(=O)Cc1cc(C(F)(F)F)ccc1-c1cccs1. The molecule has 36 heteroatoms. The highest BCUT2D eigenvalue weighted by atomic mass is 32.2. The number of thiophene rings is 1. The molecule has 4 N–H and O–H groups in total. The Kier molecular flexibility index (Phi) is 30.1. The number of furan rings is 1. The number of aromatic carboxylic acids is 4. The zero-order chi connectivity index (χ0) is 92.3. The van der Waals surface area contributed by atoms with Crippen molar-refractivity contribution in [2.75, 3.05) is 0 Å². The molecule has 2 aromatic heterocycles. The second-order valence-electron chi connectivity index (χ2n) is 27.6. The van der Waals surface area contributed by atoms with Crippen LogP contribution in [-0.4, -0.2) is 78.0 Å². The summed E-state index contributed by atoms with van der Waals surface area (Å²) in [5.74, 6) is -8.66. The smallest absolute Gasteiger partial charge is 0.416 e. The predicted molar refractivity (Wildman–Crippen MR) is 437 cm³/mol. The van der Waals surface area contributed by atoms with Crippen LogP contribution in [0.5, 0.6) is 0 Å². The zero-order valence-corrected chi connectivity index (χ0v) is 69.7. The van der Waals surface area contributed by atoms with E-state index in [9.17, 15) is 130 Å². The van der Waals surface area contributed by atoms with Gasteiger partial charge in [0.1, 0.15) is 11.6 Å². The zero-order valence-electron chi connectivity index (χ0n) is 65.6. The van der Waals surface area contributed by atoms with Crippen LogP contribution in [0, 0.1) is 17.1 Å². The average molecular weight is 1830 g/mol. The van der Waals surface area contributed by atoms with Crippen molar-refractivity contribution in [2.45, 2.75) is 121 Å². The Labute approximate surface area is 711 Å². The van der Waals surface area contributed by atoms with E-state index in [2.05, 4.69) is 0 Å². The molecule has 0 spiro atoms. The molecule has 0 radical (unpaired) electrons. The van der Waals surface area contributed by atoms with Crippen molar-refractivity contribution in [3.05, 3.63) is 330 Å². The fourth-order valence-corrected chi connectivity index (χ4v) is 20.8. The summed E-state index contributed by atoms with van der Waals surface area (Å²) in [6.07, 6.45) is -16.2. The van der Waals surface area contributed by atoms with Crippen LogP contribution in [0.25, 0.3) is 44.0 Å². The highest BCUT2D eigenvalue weighted by Gasteiger charge is 2.37. The highest BCUT2D eigenvalue weighted by molar-refractivity contribution is 7.91. The maximum Gasteiger partial charge on any atom is 0.416 e. The van der Waals surface area contributed by atoms with Crippen LogP contribution in [0.2, 0.25) is 0 Å². The monoisotopic (exact) mass is 1830 g/mol. The largest absolute Gasteiger partial charge is 0.478 e. The van der Waals surface area contributed by atoms with Gasteiger partial charge in [0.05, 0.1) is 105 Å². The van der Waals surface area contributed by atoms with Gasteiger partial charge in [0.15, 0.2) is 39.3 Å². The molecular formula is C89H70F13NO17S5. The summed E-state index contributed by atoms with van der Waals surface area (Å²) in [6.45, 7) is 6.79. The molecule has 0 amide bonds. The van der Waals surface area contributed by atoms with E-state index in [0.29, 0.717) is 51.1 Å². The predicted octanol–water partition coefficient (Wildman–Crippen LogP) is 22.1. The molecule has 654 valence electrons. The van der Waals surface area contributed by atoms with Gasteiger partial charge in [0, 0.05) is 10.4 Å². The van der Waals surface area contributed by atoms with Crippen molar-refractivity contribution in [1.82, 2.24) is 0 Å². The number of carboxylic acid groups (broad SMARTS) is 4. The summed E-state index contributed by atoms with van der Waals surface area (Å²) in [7, 11) is -16.7. The van der Waals surface area contributed by atoms with E-state index in [1.165, 1.54) is 121 Å². The number of carbonyl (C=O) groups is 4. The first-order chi connectivity index (χ1) is 58.4. The molecule has 18 nitrogen and oxygen atoms in total. The molecular weight excluding hydrogens is 1760 g/mol. The summed E-state index contributed by atoms with van der Waals surface area (Å²) in [5, 5.41) is 47.8. The first kappa shape index (κ1) is 96.3. The van der Waals surface area contributed by atoms with Crippen molar-refractivity contribution in [3.8, 4) is 50.1 Å². The maximum absolute atomic E-state index is 13.7.